The van der Waals surface area contributed by atoms with Crippen LogP contribution in [0.5, 0.6) is 0 Å². The van der Waals surface area contributed by atoms with Crippen molar-refractivity contribution in [2.24, 2.45) is 7.05 Å². The van der Waals surface area contributed by atoms with Crippen molar-refractivity contribution in [3.8, 4) is 28.7 Å². The summed E-state index contributed by atoms with van der Waals surface area (Å²) in [5.74, 6) is 0.0428. The maximum atomic E-state index is 13.4. The molecule has 0 saturated carbocycles. The molecule has 3 aromatic carbocycles. The van der Waals surface area contributed by atoms with Gasteiger partial charge in [0, 0.05) is 23.7 Å². The van der Waals surface area contributed by atoms with Gasteiger partial charge in [0.2, 0.25) is 5.89 Å². The minimum Gasteiger partial charge on any atom is -0.444 e. The van der Waals surface area contributed by atoms with Crippen molar-refractivity contribution in [1.82, 2.24) is 19.4 Å². The Bertz CT molecular complexity index is 2120. The van der Waals surface area contributed by atoms with Crippen molar-refractivity contribution in [3.63, 3.8) is 0 Å². The van der Waals surface area contributed by atoms with Crippen molar-refractivity contribution >= 4 is 46.7 Å². The van der Waals surface area contributed by atoms with Crippen molar-refractivity contribution in [1.29, 1.82) is 5.26 Å². The molecule has 0 fully saturated rings. The molecule has 3 heterocycles. The average molecular weight is 637 g/mol. The van der Waals surface area contributed by atoms with Gasteiger partial charge in [0.25, 0.3) is 5.91 Å². The van der Waals surface area contributed by atoms with Crippen LogP contribution >= 0.6 is 11.6 Å². The average Bonchev–Trinajstić information content (AvgIpc) is 3.71. The first-order chi connectivity index (χ1) is 21.9. The van der Waals surface area contributed by atoms with Gasteiger partial charge >= 0.3 is 6.09 Å². The van der Waals surface area contributed by atoms with Crippen LogP contribution in [0.4, 0.5) is 10.5 Å². The largest absolute Gasteiger partial charge is 0.444 e. The van der Waals surface area contributed by atoms with E-state index in [1.165, 1.54) is 6.07 Å². The third-order valence-electron chi connectivity index (χ3n) is 7.70. The number of rotatable bonds is 5. The minimum atomic E-state index is -0.618. The maximum Gasteiger partial charge on any atom is 0.410 e. The summed E-state index contributed by atoms with van der Waals surface area (Å²) in [6.07, 6.45) is 0.226. The number of anilines is 1. The Morgan fingerprint density at radius 2 is 1.80 bits per heavy atom. The van der Waals surface area contributed by atoms with Crippen molar-refractivity contribution in [2.75, 3.05) is 5.32 Å². The number of carbonyl (C=O) groups is 3. The highest BCUT2D eigenvalue weighted by Crippen LogP contribution is 2.39. The highest BCUT2D eigenvalue weighted by molar-refractivity contribution is 6.36. The summed E-state index contributed by atoms with van der Waals surface area (Å²) in [4.78, 5) is 47.9. The van der Waals surface area contributed by atoms with Gasteiger partial charge in [-0.2, -0.15) is 5.26 Å². The van der Waals surface area contributed by atoms with Gasteiger partial charge in [-0.05, 0) is 63.1 Å². The Morgan fingerprint density at radius 3 is 2.50 bits per heavy atom. The van der Waals surface area contributed by atoms with Gasteiger partial charge in [-0.3, -0.25) is 14.5 Å². The van der Waals surface area contributed by atoms with Crippen LogP contribution in [0.1, 0.15) is 64.3 Å². The molecular formula is C34H29ClN6O5. The molecule has 12 heteroatoms. The lowest BCUT2D eigenvalue weighted by molar-refractivity contribution is 0.0237. The summed E-state index contributed by atoms with van der Waals surface area (Å²) in [7, 11) is 1.73. The second-order valence-corrected chi connectivity index (χ2v) is 12.4. The molecular weight excluding hydrogens is 608 g/mol. The standard InChI is InChI=1S/C34H29ClN6O5/c1-18-21(8-6-9-22(18)32-39-25-13-19(17-42)12-20(14-36)29(25)45-32)23-10-7-11-24(28(23)35)38-31(43)30-37-26-15-41(16-27(26)40(30)5)33(44)46-34(2,3)4/h6-13,17H,15-16H2,1-5H3,(H,38,43). The number of nitrogens with one attached hydrogen (secondary N) is 1. The molecule has 2 amide bonds. The number of aromatic nitrogens is 3. The van der Waals surface area contributed by atoms with E-state index >= 15 is 0 Å². The Labute approximate surface area is 269 Å². The first-order valence-corrected chi connectivity index (χ1v) is 14.8. The number of oxazole rings is 1. The van der Waals surface area contributed by atoms with Crippen LogP contribution in [0, 0.1) is 18.3 Å². The number of fused-ring (bicyclic) bond motifs is 2. The molecule has 232 valence electrons. The number of imidazole rings is 1. The van der Waals surface area contributed by atoms with E-state index in [-0.39, 0.29) is 24.5 Å². The maximum absolute atomic E-state index is 13.4. The number of hydrogen-bond donors (Lipinski definition) is 1. The van der Waals surface area contributed by atoms with Crippen LogP contribution in [-0.2, 0) is 24.9 Å². The molecule has 0 spiro atoms. The lowest BCUT2D eigenvalue weighted by Gasteiger charge is -2.24. The van der Waals surface area contributed by atoms with Crippen molar-refractivity contribution in [3.05, 3.63) is 87.5 Å². The normalized spacial score (nSPS) is 12.6. The van der Waals surface area contributed by atoms with Crippen LogP contribution in [0.15, 0.2) is 52.9 Å². The first-order valence-electron chi connectivity index (χ1n) is 14.4. The Morgan fingerprint density at radius 1 is 1.09 bits per heavy atom. The molecule has 0 aliphatic carbocycles. The molecule has 0 atom stereocenters. The Kier molecular flexibility index (Phi) is 7.62. The van der Waals surface area contributed by atoms with E-state index in [0.717, 1.165) is 16.8 Å². The molecule has 0 radical (unpaired) electrons. The number of halogens is 1. The Hall–Kier alpha value is -5.47. The van der Waals surface area contributed by atoms with E-state index < -0.39 is 17.6 Å². The number of hydrogen-bond acceptors (Lipinski definition) is 8. The van der Waals surface area contributed by atoms with Crippen molar-refractivity contribution < 1.29 is 23.5 Å². The third-order valence-corrected chi connectivity index (χ3v) is 8.11. The molecule has 0 saturated heterocycles. The fourth-order valence-electron chi connectivity index (χ4n) is 5.48. The summed E-state index contributed by atoms with van der Waals surface area (Å²) in [5.41, 5.74) is 5.37. The highest BCUT2D eigenvalue weighted by Gasteiger charge is 2.33. The molecule has 11 nitrogen and oxygen atoms in total. The third kappa shape index (κ3) is 5.48. The van der Waals surface area contributed by atoms with Crippen LogP contribution < -0.4 is 5.32 Å². The number of benzene rings is 3. The number of carbonyl (C=O) groups excluding carboxylic acids is 3. The topological polar surface area (TPSA) is 143 Å². The molecule has 1 aliphatic heterocycles. The van der Waals surface area contributed by atoms with E-state index in [4.69, 9.17) is 20.8 Å². The van der Waals surface area contributed by atoms with E-state index in [1.54, 1.807) is 34.7 Å². The SMILES string of the molecule is Cc1c(-c2nc3cc(C=O)cc(C#N)c3o2)cccc1-c1cccc(NC(=O)c2nc3c(n2C)CN(C(=O)OC(C)(C)C)C3)c1Cl. The van der Waals surface area contributed by atoms with Crippen LogP contribution in [-0.4, -0.2) is 43.3 Å². The second-order valence-electron chi connectivity index (χ2n) is 12.0. The first kappa shape index (κ1) is 30.6. The van der Waals surface area contributed by atoms with Gasteiger partial charge in [0.15, 0.2) is 11.4 Å². The number of amides is 2. The number of ether oxygens (including phenoxy) is 1. The summed E-state index contributed by atoms with van der Waals surface area (Å²) < 4.78 is 13.2. The van der Waals surface area contributed by atoms with Gasteiger partial charge < -0.3 is 19.0 Å². The van der Waals surface area contributed by atoms with Crippen LogP contribution in [0.25, 0.3) is 33.7 Å². The lowest BCUT2D eigenvalue weighted by Crippen LogP contribution is -2.34. The van der Waals surface area contributed by atoms with Gasteiger partial charge in [-0.25, -0.2) is 14.8 Å². The zero-order valence-corrected chi connectivity index (χ0v) is 26.5. The summed E-state index contributed by atoms with van der Waals surface area (Å²) >= 11 is 6.90. The molecule has 1 aliphatic rings. The van der Waals surface area contributed by atoms with E-state index in [2.05, 4.69) is 21.4 Å². The fourth-order valence-corrected chi connectivity index (χ4v) is 5.76. The van der Waals surface area contributed by atoms with E-state index in [1.807, 2.05) is 52.0 Å². The van der Waals surface area contributed by atoms with Crippen molar-refractivity contribution in [2.45, 2.75) is 46.4 Å². The monoisotopic (exact) mass is 636 g/mol. The second kappa shape index (κ2) is 11.5. The molecule has 0 unspecified atom stereocenters. The van der Waals surface area contributed by atoms with Gasteiger partial charge in [0.1, 0.15) is 23.5 Å². The zero-order chi connectivity index (χ0) is 32.9. The predicted molar refractivity (Wildman–Crippen MR) is 171 cm³/mol. The van der Waals surface area contributed by atoms with Gasteiger partial charge in [0.05, 0.1) is 40.8 Å². The molecule has 6 rings (SSSR count). The van der Waals surface area contributed by atoms with Crippen LogP contribution in [0.3, 0.4) is 0 Å². The van der Waals surface area contributed by atoms with E-state index in [9.17, 15) is 19.6 Å². The molecule has 5 aromatic rings. The molecule has 46 heavy (non-hydrogen) atoms. The number of nitrogens with zero attached hydrogens (tertiary/aromatic N) is 5. The quantitative estimate of drug-likeness (QED) is 0.202. The summed E-state index contributed by atoms with van der Waals surface area (Å²) in [6.45, 7) is 7.85. The molecule has 0 bridgehead atoms. The number of nitriles is 1. The minimum absolute atomic E-state index is 0.193. The number of aldehydes is 1. The zero-order valence-electron chi connectivity index (χ0n) is 25.8. The fraction of sp³-hybridized carbons (Fsp3) is 0.235. The summed E-state index contributed by atoms with van der Waals surface area (Å²) in [6, 6.07) is 16.0. The van der Waals surface area contributed by atoms with Crippen LogP contribution in [0.2, 0.25) is 5.02 Å². The smallest absolute Gasteiger partial charge is 0.410 e. The molecule has 2 aromatic heterocycles. The lowest BCUT2D eigenvalue weighted by atomic mass is 9.96. The van der Waals surface area contributed by atoms with Gasteiger partial charge in [-0.1, -0.05) is 35.9 Å². The predicted octanol–water partition coefficient (Wildman–Crippen LogP) is 7.04. The van der Waals surface area contributed by atoms with Gasteiger partial charge in [-0.15, -0.1) is 0 Å². The Balaban J connectivity index is 1.27. The molecule has 1 N–H and O–H groups in total. The highest BCUT2D eigenvalue weighted by atomic mass is 35.5. The van der Waals surface area contributed by atoms with E-state index in [0.29, 0.717) is 56.4 Å². The summed E-state index contributed by atoms with van der Waals surface area (Å²) in [5, 5.41) is 12.8.